The van der Waals surface area contributed by atoms with E-state index in [0.717, 1.165) is 17.5 Å². The minimum atomic E-state index is -1.01. The second kappa shape index (κ2) is 7.33. The van der Waals surface area contributed by atoms with Gasteiger partial charge in [0.05, 0.1) is 6.61 Å². The van der Waals surface area contributed by atoms with Crippen LogP contribution in [0.3, 0.4) is 0 Å². The molecule has 1 amide bonds. The Morgan fingerprint density at radius 1 is 1.24 bits per heavy atom. The molecule has 1 N–H and O–H groups in total. The van der Waals surface area contributed by atoms with Crippen LogP contribution in [0.4, 0.5) is 4.79 Å². The summed E-state index contributed by atoms with van der Waals surface area (Å²) >= 11 is 0. The summed E-state index contributed by atoms with van der Waals surface area (Å²) < 4.78 is 11.0. The number of ether oxygens (including phenoxy) is 2. The van der Waals surface area contributed by atoms with Crippen molar-refractivity contribution in [1.29, 1.82) is 0 Å². The van der Waals surface area contributed by atoms with Crippen LogP contribution >= 0.6 is 0 Å². The van der Waals surface area contributed by atoms with Gasteiger partial charge in [0.15, 0.2) is 0 Å². The Balaban J connectivity index is 2.37. The van der Waals surface area contributed by atoms with Crippen LogP contribution in [0.2, 0.25) is 0 Å². The zero-order valence-electron chi connectivity index (χ0n) is 15.6. The Labute approximate surface area is 148 Å². The highest BCUT2D eigenvalue weighted by Crippen LogP contribution is 2.32. The Kier molecular flexibility index (Phi) is 5.60. The maximum Gasteiger partial charge on any atom is 0.410 e. The maximum atomic E-state index is 12.6. The predicted molar refractivity (Wildman–Crippen MR) is 94.1 cm³/mol. The molecule has 0 bridgehead atoms. The highest BCUT2D eigenvalue weighted by molar-refractivity contribution is 5.91. The van der Waals surface area contributed by atoms with Gasteiger partial charge in [-0.15, -0.1) is 0 Å². The average Bonchev–Trinajstić information content (AvgIpc) is 2.51. The molecule has 2 rings (SSSR count). The number of carboxylic acid groups (broad SMARTS) is 1. The molecule has 25 heavy (non-hydrogen) atoms. The predicted octanol–water partition coefficient (Wildman–Crippen LogP) is 3.86. The van der Waals surface area contributed by atoms with Crippen molar-refractivity contribution in [3.63, 3.8) is 0 Å². The first-order valence-corrected chi connectivity index (χ1v) is 8.67. The minimum absolute atomic E-state index is 0.0121. The molecular weight excluding hydrogens is 322 g/mol. The maximum absolute atomic E-state index is 12.6. The Bertz CT molecular complexity index is 663. The molecule has 0 saturated carbocycles. The number of benzene rings is 1. The third-order valence-electron chi connectivity index (χ3n) is 4.17. The number of hydrogen-bond donors (Lipinski definition) is 1. The number of amides is 1. The summed E-state index contributed by atoms with van der Waals surface area (Å²) in [6.07, 6.45) is 1.04. The number of fused-ring (bicyclic) bond motifs is 1. The molecular formula is C19H27NO5. The molecule has 0 radical (unpaired) electrons. The highest BCUT2D eigenvalue weighted by atomic mass is 16.6. The van der Waals surface area contributed by atoms with Crippen molar-refractivity contribution in [1.82, 2.24) is 4.90 Å². The molecule has 1 atom stereocenters. The lowest BCUT2D eigenvalue weighted by molar-refractivity contribution is 0.0114. The van der Waals surface area contributed by atoms with Crippen molar-refractivity contribution >= 4 is 12.1 Å². The highest BCUT2D eigenvalue weighted by Gasteiger charge is 2.33. The summed E-state index contributed by atoms with van der Waals surface area (Å²) in [7, 11) is 0. The lowest BCUT2D eigenvalue weighted by Crippen LogP contribution is -2.46. The largest absolute Gasteiger partial charge is 0.493 e. The number of aromatic carboxylic acids is 1. The van der Waals surface area contributed by atoms with Gasteiger partial charge in [-0.3, -0.25) is 0 Å². The summed E-state index contributed by atoms with van der Waals surface area (Å²) in [5.74, 6) is -0.665. The average molecular weight is 349 g/mol. The molecule has 1 heterocycles. The molecule has 0 aromatic heterocycles. The summed E-state index contributed by atoms with van der Waals surface area (Å²) in [6.45, 7) is 10.1. The van der Waals surface area contributed by atoms with Gasteiger partial charge in [-0.1, -0.05) is 6.92 Å². The van der Waals surface area contributed by atoms with Crippen molar-refractivity contribution in [3.8, 4) is 5.75 Å². The van der Waals surface area contributed by atoms with E-state index in [1.165, 1.54) is 0 Å². The van der Waals surface area contributed by atoms with E-state index >= 15 is 0 Å². The number of hydrogen-bond acceptors (Lipinski definition) is 4. The van der Waals surface area contributed by atoms with Crippen molar-refractivity contribution in [2.75, 3.05) is 6.61 Å². The van der Waals surface area contributed by atoms with Gasteiger partial charge < -0.3 is 19.5 Å². The molecule has 6 heteroatoms. The van der Waals surface area contributed by atoms with Crippen LogP contribution in [0.15, 0.2) is 12.1 Å². The fourth-order valence-corrected chi connectivity index (χ4v) is 3.02. The SMILES string of the molecule is CCOc1cc2c(cc1C(=O)O)CC(CC)N(C(=O)OC(C)(C)C)C2. The van der Waals surface area contributed by atoms with Gasteiger partial charge in [0.1, 0.15) is 16.9 Å². The van der Waals surface area contributed by atoms with Gasteiger partial charge in [0, 0.05) is 12.6 Å². The lowest BCUT2D eigenvalue weighted by atomic mass is 9.91. The standard InChI is InChI=1S/C19H27NO5/c1-6-14-8-12-9-15(17(21)22)16(24-7-2)10-13(12)11-20(14)18(23)25-19(3,4)5/h9-10,14H,6-8,11H2,1-5H3,(H,21,22). The molecule has 1 aliphatic rings. The molecule has 0 aliphatic carbocycles. The van der Waals surface area contributed by atoms with Crippen molar-refractivity contribution in [2.45, 2.75) is 65.6 Å². The van der Waals surface area contributed by atoms with Gasteiger partial charge in [-0.05, 0) is 63.8 Å². The zero-order chi connectivity index (χ0) is 18.8. The van der Waals surface area contributed by atoms with Gasteiger partial charge in [0.2, 0.25) is 0 Å². The fraction of sp³-hybridized carbons (Fsp3) is 0.579. The van der Waals surface area contributed by atoms with Crippen LogP contribution in [0, 0.1) is 0 Å². The lowest BCUT2D eigenvalue weighted by Gasteiger charge is -2.37. The molecule has 1 aromatic carbocycles. The summed E-state index contributed by atoms with van der Waals surface area (Å²) in [5, 5.41) is 9.42. The van der Waals surface area contributed by atoms with Crippen molar-refractivity contribution < 1.29 is 24.2 Å². The molecule has 6 nitrogen and oxygen atoms in total. The molecule has 1 aromatic rings. The number of carbonyl (C=O) groups is 2. The van der Waals surface area contributed by atoms with E-state index in [0.29, 0.717) is 25.3 Å². The Morgan fingerprint density at radius 3 is 2.44 bits per heavy atom. The van der Waals surface area contributed by atoms with E-state index in [4.69, 9.17) is 9.47 Å². The van der Waals surface area contributed by atoms with Crippen molar-refractivity contribution in [2.24, 2.45) is 0 Å². The van der Waals surface area contributed by atoms with Gasteiger partial charge >= 0.3 is 12.1 Å². The van der Waals surface area contributed by atoms with E-state index < -0.39 is 11.6 Å². The summed E-state index contributed by atoms with van der Waals surface area (Å²) in [5.41, 5.74) is 1.47. The first-order valence-electron chi connectivity index (χ1n) is 8.67. The molecule has 0 saturated heterocycles. The molecule has 1 unspecified atom stereocenters. The molecule has 138 valence electrons. The van der Waals surface area contributed by atoms with Crippen LogP contribution in [-0.4, -0.2) is 40.3 Å². The monoisotopic (exact) mass is 349 g/mol. The van der Waals surface area contributed by atoms with Gasteiger partial charge in [0.25, 0.3) is 0 Å². The fourth-order valence-electron chi connectivity index (χ4n) is 3.02. The van der Waals surface area contributed by atoms with Crippen LogP contribution in [-0.2, 0) is 17.7 Å². The Hall–Kier alpha value is -2.24. The Morgan fingerprint density at radius 2 is 1.92 bits per heavy atom. The second-order valence-electron chi connectivity index (χ2n) is 7.23. The van der Waals surface area contributed by atoms with E-state index in [-0.39, 0.29) is 17.7 Å². The number of rotatable bonds is 4. The quantitative estimate of drug-likeness (QED) is 0.893. The zero-order valence-corrected chi connectivity index (χ0v) is 15.6. The topological polar surface area (TPSA) is 76.1 Å². The van der Waals surface area contributed by atoms with E-state index in [1.54, 1.807) is 17.0 Å². The minimum Gasteiger partial charge on any atom is -0.493 e. The van der Waals surface area contributed by atoms with Gasteiger partial charge in [-0.2, -0.15) is 0 Å². The first kappa shape index (κ1) is 19.1. The van der Waals surface area contributed by atoms with Crippen LogP contribution < -0.4 is 4.74 Å². The number of carboxylic acids is 1. The summed E-state index contributed by atoms with van der Waals surface area (Å²) in [6, 6.07) is 3.41. The third kappa shape index (κ3) is 4.44. The molecule has 0 spiro atoms. The van der Waals surface area contributed by atoms with Gasteiger partial charge in [-0.25, -0.2) is 9.59 Å². The molecule has 0 fully saturated rings. The third-order valence-corrected chi connectivity index (χ3v) is 4.17. The number of nitrogens with zero attached hydrogens (tertiary/aromatic N) is 1. The van der Waals surface area contributed by atoms with E-state index in [2.05, 4.69) is 0 Å². The van der Waals surface area contributed by atoms with Crippen LogP contribution in [0.5, 0.6) is 5.75 Å². The van der Waals surface area contributed by atoms with Crippen LogP contribution in [0.25, 0.3) is 0 Å². The summed E-state index contributed by atoms with van der Waals surface area (Å²) in [4.78, 5) is 25.8. The van der Waals surface area contributed by atoms with E-state index in [9.17, 15) is 14.7 Å². The smallest absolute Gasteiger partial charge is 0.410 e. The first-order chi connectivity index (χ1) is 11.7. The van der Waals surface area contributed by atoms with Crippen molar-refractivity contribution in [3.05, 3.63) is 28.8 Å². The van der Waals surface area contributed by atoms with E-state index in [1.807, 2.05) is 34.6 Å². The normalized spacial score (nSPS) is 17.0. The second-order valence-corrected chi connectivity index (χ2v) is 7.23. The number of carbonyl (C=O) groups excluding carboxylic acids is 1. The molecule has 1 aliphatic heterocycles. The van der Waals surface area contributed by atoms with Crippen LogP contribution in [0.1, 0.15) is 62.5 Å².